The number of halogens is 1. The van der Waals surface area contributed by atoms with Gasteiger partial charge in [-0.05, 0) is 41.1 Å². The van der Waals surface area contributed by atoms with Gasteiger partial charge in [-0.25, -0.2) is 13.8 Å². The van der Waals surface area contributed by atoms with Crippen LogP contribution in [0.5, 0.6) is 5.75 Å². The van der Waals surface area contributed by atoms with Gasteiger partial charge in [0.1, 0.15) is 5.75 Å². The number of piperazine rings is 1. The van der Waals surface area contributed by atoms with Gasteiger partial charge in [0.2, 0.25) is 10.0 Å². The predicted octanol–water partition coefficient (Wildman–Crippen LogP) is 2.76. The minimum atomic E-state index is -3.56. The number of hydrogen-bond acceptors (Lipinski definition) is 6. The van der Waals surface area contributed by atoms with Gasteiger partial charge in [-0.1, -0.05) is 46.3 Å². The summed E-state index contributed by atoms with van der Waals surface area (Å²) in [5, 5.41) is 15.9. The van der Waals surface area contributed by atoms with E-state index in [1.165, 1.54) is 10.5 Å². The zero-order chi connectivity index (χ0) is 23.4. The molecule has 0 aliphatic carbocycles. The quantitative estimate of drug-likeness (QED) is 0.376. The number of phenols is 1. The van der Waals surface area contributed by atoms with Crippen LogP contribution in [0.2, 0.25) is 0 Å². The topological polar surface area (TPSA) is 102 Å². The molecule has 0 radical (unpaired) electrons. The first-order valence-corrected chi connectivity index (χ1v) is 12.6. The lowest BCUT2D eigenvalue weighted by atomic mass is 10.0. The van der Waals surface area contributed by atoms with Crippen molar-refractivity contribution >= 4 is 48.8 Å². The SMILES string of the molecule is O=C(CN1CCN(S(=O)(=O)c2ccc(Br)cc2)CC1)N/N=C\c1c(O)ccc2ccccc12. The Balaban J connectivity index is 1.31. The Morgan fingerprint density at radius 3 is 2.45 bits per heavy atom. The van der Waals surface area contributed by atoms with E-state index < -0.39 is 10.0 Å². The maximum Gasteiger partial charge on any atom is 0.254 e. The predicted molar refractivity (Wildman–Crippen MR) is 131 cm³/mol. The summed E-state index contributed by atoms with van der Waals surface area (Å²) in [6, 6.07) is 17.5. The molecule has 1 amide bonds. The van der Waals surface area contributed by atoms with E-state index in [0.717, 1.165) is 15.2 Å². The van der Waals surface area contributed by atoms with Crippen molar-refractivity contribution in [1.29, 1.82) is 0 Å². The molecule has 1 aliphatic heterocycles. The highest BCUT2D eigenvalue weighted by atomic mass is 79.9. The highest BCUT2D eigenvalue weighted by Crippen LogP contribution is 2.25. The molecule has 4 rings (SSSR count). The first-order chi connectivity index (χ1) is 15.8. The van der Waals surface area contributed by atoms with Crippen LogP contribution in [-0.4, -0.2) is 67.6 Å². The molecule has 33 heavy (non-hydrogen) atoms. The maximum atomic E-state index is 12.8. The number of rotatable bonds is 6. The standard InChI is InChI=1S/C23H23BrN4O4S/c24-18-6-8-19(9-7-18)33(31,32)28-13-11-27(12-14-28)16-23(30)26-25-15-21-20-4-2-1-3-17(20)5-10-22(21)29/h1-10,15,29H,11-14,16H2,(H,26,30)/b25-15-. The number of sulfonamides is 1. The highest BCUT2D eigenvalue weighted by molar-refractivity contribution is 9.10. The molecule has 172 valence electrons. The summed E-state index contributed by atoms with van der Waals surface area (Å²) in [6.07, 6.45) is 1.43. The van der Waals surface area contributed by atoms with Gasteiger partial charge in [0.15, 0.2) is 0 Å². The van der Waals surface area contributed by atoms with Crippen molar-refractivity contribution in [3.05, 3.63) is 70.7 Å². The molecule has 1 saturated heterocycles. The summed E-state index contributed by atoms with van der Waals surface area (Å²) in [6.45, 7) is 1.59. The zero-order valence-corrected chi connectivity index (χ0v) is 20.1. The highest BCUT2D eigenvalue weighted by Gasteiger charge is 2.29. The Labute approximate surface area is 200 Å². The molecule has 3 aromatic carbocycles. The van der Waals surface area contributed by atoms with E-state index in [4.69, 9.17) is 0 Å². The van der Waals surface area contributed by atoms with Crippen molar-refractivity contribution in [2.75, 3.05) is 32.7 Å². The van der Waals surface area contributed by atoms with Crippen molar-refractivity contribution in [2.24, 2.45) is 5.10 Å². The number of nitrogens with one attached hydrogen (secondary N) is 1. The van der Waals surface area contributed by atoms with Crippen LogP contribution in [0.15, 0.2) is 75.1 Å². The molecular weight excluding hydrogens is 508 g/mol. The Morgan fingerprint density at radius 1 is 1.03 bits per heavy atom. The van der Waals surface area contributed by atoms with Gasteiger partial charge in [-0.3, -0.25) is 9.69 Å². The number of benzene rings is 3. The van der Waals surface area contributed by atoms with Crippen LogP contribution >= 0.6 is 15.9 Å². The van der Waals surface area contributed by atoms with E-state index in [0.29, 0.717) is 31.7 Å². The van der Waals surface area contributed by atoms with E-state index in [1.807, 2.05) is 35.2 Å². The van der Waals surface area contributed by atoms with E-state index in [1.54, 1.807) is 30.3 Å². The lowest BCUT2D eigenvalue weighted by Gasteiger charge is -2.33. The smallest absolute Gasteiger partial charge is 0.254 e. The van der Waals surface area contributed by atoms with Crippen molar-refractivity contribution in [1.82, 2.24) is 14.6 Å². The number of carbonyl (C=O) groups is 1. The Hall–Kier alpha value is -2.79. The van der Waals surface area contributed by atoms with Gasteiger partial charge in [0, 0.05) is 36.2 Å². The molecule has 1 aliphatic rings. The second kappa shape index (κ2) is 10.0. The van der Waals surface area contributed by atoms with Gasteiger partial charge in [-0.15, -0.1) is 0 Å². The molecule has 2 N–H and O–H groups in total. The monoisotopic (exact) mass is 530 g/mol. The van der Waals surface area contributed by atoms with Crippen LogP contribution < -0.4 is 5.43 Å². The van der Waals surface area contributed by atoms with Crippen LogP contribution in [0.3, 0.4) is 0 Å². The van der Waals surface area contributed by atoms with Gasteiger partial charge in [0.25, 0.3) is 5.91 Å². The molecule has 8 nitrogen and oxygen atoms in total. The summed E-state index contributed by atoms with van der Waals surface area (Å²) in [5.74, 6) is -0.231. The van der Waals surface area contributed by atoms with E-state index in [-0.39, 0.29) is 23.1 Å². The Morgan fingerprint density at radius 2 is 1.73 bits per heavy atom. The molecule has 1 fully saturated rings. The largest absolute Gasteiger partial charge is 0.507 e. The van der Waals surface area contributed by atoms with Crippen LogP contribution in [0.1, 0.15) is 5.56 Å². The third-order valence-electron chi connectivity index (χ3n) is 5.48. The third-order valence-corrected chi connectivity index (χ3v) is 7.92. The van der Waals surface area contributed by atoms with Crippen LogP contribution in [-0.2, 0) is 14.8 Å². The number of fused-ring (bicyclic) bond motifs is 1. The van der Waals surface area contributed by atoms with Crippen molar-refractivity contribution < 1.29 is 18.3 Å². The summed E-state index contributed by atoms with van der Waals surface area (Å²) in [5.41, 5.74) is 3.01. The first-order valence-electron chi connectivity index (χ1n) is 10.4. The molecule has 10 heteroatoms. The van der Waals surface area contributed by atoms with Crippen molar-refractivity contribution in [3.8, 4) is 5.75 Å². The lowest BCUT2D eigenvalue weighted by molar-refractivity contribution is -0.122. The first kappa shape index (κ1) is 23.4. The molecule has 0 unspecified atom stereocenters. The van der Waals surface area contributed by atoms with Crippen LogP contribution in [0, 0.1) is 0 Å². The molecule has 0 bridgehead atoms. The number of phenolic OH excluding ortho intramolecular Hbond substituents is 1. The average molecular weight is 531 g/mol. The minimum Gasteiger partial charge on any atom is -0.507 e. The lowest BCUT2D eigenvalue weighted by Crippen LogP contribution is -2.50. The molecule has 1 heterocycles. The fourth-order valence-corrected chi connectivity index (χ4v) is 5.40. The molecule has 0 saturated carbocycles. The van der Waals surface area contributed by atoms with Gasteiger partial charge < -0.3 is 5.11 Å². The fraction of sp³-hybridized carbons (Fsp3) is 0.217. The normalized spacial score (nSPS) is 15.8. The van der Waals surface area contributed by atoms with Crippen LogP contribution in [0.25, 0.3) is 10.8 Å². The minimum absolute atomic E-state index is 0.0785. The Kier molecular flexibility index (Phi) is 7.08. The maximum absolute atomic E-state index is 12.8. The molecule has 0 atom stereocenters. The average Bonchev–Trinajstić information content (AvgIpc) is 2.81. The summed E-state index contributed by atoms with van der Waals surface area (Å²) in [7, 11) is -3.56. The number of nitrogens with zero attached hydrogens (tertiary/aromatic N) is 3. The second-order valence-corrected chi connectivity index (χ2v) is 10.5. The summed E-state index contributed by atoms with van der Waals surface area (Å²) in [4.78, 5) is 14.5. The van der Waals surface area contributed by atoms with Crippen molar-refractivity contribution in [3.63, 3.8) is 0 Å². The van der Waals surface area contributed by atoms with E-state index in [9.17, 15) is 18.3 Å². The molecule has 3 aromatic rings. The molecular formula is C23H23BrN4O4S. The number of amides is 1. The number of hydrazone groups is 1. The zero-order valence-electron chi connectivity index (χ0n) is 17.7. The summed E-state index contributed by atoms with van der Waals surface area (Å²) < 4.78 is 27.8. The second-order valence-electron chi connectivity index (χ2n) is 7.65. The number of aromatic hydroxyl groups is 1. The van der Waals surface area contributed by atoms with E-state index in [2.05, 4.69) is 26.5 Å². The van der Waals surface area contributed by atoms with Gasteiger partial charge in [-0.2, -0.15) is 9.41 Å². The Bertz CT molecular complexity index is 1290. The third kappa shape index (κ3) is 5.41. The van der Waals surface area contributed by atoms with Crippen molar-refractivity contribution in [2.45, 2.75) is 4.90 Å². The van der Waals surface area contributed by atoms with Crippen LogP contribution in [0.4, 0.5) is 0 Å². The van der Waals surface area contributed by atoms with Gasteiger partial charge in [0.05, 0.1) is 17.7 Å². The molecule has 0 aromatic heterocycles. The number of hydrogen-bond donors (Lipinski definition) is 2. The fourth-order valence-electron chi connectivity index (χ4n) is 3.71. The van der Waals surface area contributed by atoms with E-state index >= 15 is 0 Å². The van der Waals surface area contributed by atoms with Gasteiger partial charge >= 0.3 is 0 Å². The number of carbonyl (C=O) groups excluding carboxylic acids is 1. The molecule has 0 spiro atoms. The summed E-state index contributed by atoms with van der Waals surface area (Å²) >= 11 is 3.31.